The molecule has 1 aromatic rings. The van der Waals surface area contributed by atoms with Gasteiger partial charge in [0.1, 0.15) is 5.82 Å². The summed E-state index contributed by atoms with van der Waals surface area (Å²) in [6.07, 6.45) is 1.96. The molecule has 1 fully saturated rings. The van der Waals surface area contributed by atoms with E-state index in [0.717, 1.165) is 50.1 Å². The molecule has 1 atom stereocenters. The lowest BCUT2D eigenvalue weighted by Gasteiger charge is -2.33. The zero-order valence-corrected chi connectivity index (χ0v) is 18.4. The van der Waals surface area contributed by atoms with Gasteiger partial charge in [0.25, 0.3) is 0 Å². The summed E-state index contributed by atoms with van der Waals surface area (Å²) in [5, 5.41) is 6.76. The van der Waals surface area contributed by atoms with E-state index in [1.807, 2.05) is 6.20 Å². The minimum absolute atomic E-state index is 0. The Morgan fingerprint density at radius 1 is 1.20 bits per heavy atom. The first-order chi connectivity index (χ1) is 11.5. The first-order valence-corrected chi connectivity index (χ1v) is 8.85. The smallest absolute Gasteiger partial charge is 0.191 e. The second-order valence-corrected chi connectivity index (χ2v) is 6.92. The van der Waals surface area contributed by atoms with Crippen LogP contribution in [0.2, 0.25) is 0 Å². The molecule has 0 spiro atoms. The van der Waals surface area contributed by atoms with Crippen LogP contribution in [0.5, 0.6) is 0 Å². The maximum atomic E-state index is 4.63. The van der Waals surface area contributed by atoms with Crippen LogP contribution in [0.4, 0.5) is 5.82 Å². The number of halogens is 1. The van der Waals surface area contributed by atoms with E-state index in [1.54, 1.807) is 7.05 Å². The van der Waals surface area contributed by atoms with Gasteiger partial charge in [-0.2, -0.15) is 0 Å². The molecule has 0 bridgehead atoms. The van der Waals surface area contributed by atoms with Crippen molar-refractivity contribution in [2.45, 2.75) is 33.4 Å². The van der Waals surface area contributed by atoms with Crippen molar-refractivity contribution in [1.82, 2.24) is 20.5 Å². The Hall–Kier alpha value is -1.09. The van der Waals surface area contributed by atoms with E-state index in [-0.39, 0.29) is 24.0 Å². The minimum Gasteiger partial charge on any atom is -0.354 e. The van der Waals surface area contributed by atoms with Gasteiger partial charge in [0, 0.05) is 52.0 Å². The maximum absolute atomic E-state index is 4.63. The van der Waals surface area contributed by atoms with Crippen molar-refractivity contribution in [2.75, 3.05) is 45.2 Å². The number of nitrogens with one attached hydrogen (secondary N) is 2. The Kier molecular flexibility index (Phi) is 9.48. The summed E-state index contributed by atoms with van der Waals surface area (Å²) in [5.41, 5.74) is 1.16. The zero-order chi connectivity index (χ0) is 17.5. The molecule has 25 heavy (non-hydrogen) atoms. The molecule has 0 saturated carbocycles. The van der Waals surface area contributed by atoms with Crippen molar-refractivity contribution >= 4 is 35.8 Å². The summed E-state index contributed by atoms with van der Waals surface area (Å²) < 4.78 is 0. The molecule has 1 aliphatic heterocycles. The molecule has 142 valence electrons. The third-order valence-electron chi connectivity index (χ3n) is 4.68. The first-order valence-electron chi connectivity index (χ1n) is 8.85. The summed E-state index contributed by atoms with van der Waals surface area (Å²) in [5.74, 6) is 2.47. The van der Waals surface area contributed by atoms with Crippen LogP contribution in [-0.2, 0) is 6.54 Å². The lowest BCUT2D eigenvalue weighted by molar-refractivity contribution is 0.312. The molecule has 1 aromatic heterocycles. The molecule has 1 aliphatic rings. The van der Waals surface area contributed by atoms with Crippen LogP contribution in [-0.4, -0.2) is 62.2 Å². The van der Waals surface area contributed by atoms with Gasteiger partial charge in [-0.1, -0.05) is 19.9 Å². The maximum Gasteiger partial charge on any atom is 0.191 e. The average molecular weight is 460 g/mol. The summed E-state index contributed by atoms with van der Waals surface area (Å²) in [7, 11) is 3.97. The van der Waals surface area contributed by atoms with Gasteiger partial charge < -0.3 is 20.4 Å². The molecule has 0 aliphatic carbocycles. The molecule has 2 N–H and O–H groups in total. The highest BCUT2D eigenvalue weighted by Crippen LogP contribution is 2.13. The summed E-state index contributed by atoms with van der Waals surface area (Å²) in [4.78, 5) is 13.6. The van der Waals surface area contributed by atoms with Gasteiger partial charge in [-0.05, 0) is 31.5 Å². The SMILES string of the molecule is CN=C(NCc1ccc(N2CCN(C)CC2)nc1)NC(C)C(C)C.I. The predicted molar refractivity (Wildman–Crippen MR) is 117 cm³/mol. The van der Waals surface area contributed by atoms with Crippen LogP contribution in [0, 0.1) is 5.92 Å². The van der Waals surface area contributed by atoms with Crippen molar-refractivity contribution < 1.29 is 0 Å². The average Bonchev–Trinajstić information content (AvgIpc) is 2.59. The number of hydrogen-bond acceptors (Lipinski definition) is 4. The van der Waals surface area contributed by atoms with E-state index in [4.69, 9.17) is 0 Å². The van der Waals surface area contributed by atoms with Gasteiger partial charge in [-0.3, -0.25) is 4.99 Å². The fourth-order valence-electron chi connectivity index (χ4n) is 2.51. The van der Waals surface area contributed by atoms with Gasteiger partial charge in [0.2, 0.25) is 0 Å². The lowest BCUT2D eigenvalue weighted by atomic mass is 10.1. The Bertz CT molecular complexity index is 523. The van der Waals surface area contributed by atoms with Crippen molar-refractivity contribution in [2.24, 2.45) is 10.9 Å². The van der Waals surface area contributed by atoms with Gasteiger partial charge in [-0.15, -0.1) is 24.0 Å². The number of aliphatic imine (C=N–C) groups is 1. The number of nitrogens with zero attached hydrogens (tertiary/aromatic N) is 4. The van der Waals surface area contributed by atoms with Crippen LogP contribution in [0.3, 0.4) is 0 Å². The quantitative estimate of drug-likeness (QED) is 0.401. The number of likely N-dealkylation sites (N-methyl/N-ethyl adjacent to an activating group) is 1. The normalized spacial score (nSPS) is 17.2. The molecule has 1 saturated heterocycles. The lowest BCUT2D eigenvalue weighted by Crippen LogP contribution is -2.45. The Morgan fingerprint density at radius 3 is 2.40 bits per heavy atom. The third kappa shape index (κ3) is 6.97. The van der Waals surface area contributed by atoms with Gasteiger partial charge >= 0.3 is 0 Å². The standard InChI is InChI=1S/C18H32N6.HI/c1-14(2)15(3)22-18(19-4)21-13-16-6-7-17(20-12-16)24-10-8-23(5)9-11-24;/h6-7,12,14-15H,8-11,13H2,1-5H3,(H2,19,21,22);1H. The molecule has 7 heteroatoms. The molecule has 1 unspecified atom stereocenters. The monoisotopic (exact) mass is 460 g/mol. The first kappa shape index (κ1) is 22.0. The minimum atomic E-state index is 0. The van der Waals surface area contributed by atoms with Crippen molar-refractivity contribution in [3.63, 3.8) is 0 Å². The van der Waals surface area contributed by atoms with E-state index in [0.29, 0.717) is 12.0 Å². The largest absolute Gasteiger partial charge is 0.354 e. The number of pyridine rings is 1. The van der Waals surface area contributed by atoms with E-state index < -0.39 is 0 Å². The number of piperazine rings is 1. The van der Waals surface area contributed by atoms with Crippen molar-refractivity contribution in [3.8, 4) is 0 Å². The van der Waals surface area contributed by atoms with E-state index in [9.17, 15) is 0 Å². The van der Waals surface area contributed by atoms with Gasteiger partial charge in [0.15, 0.2) is 5.96 Å². The fraction of sp³-hybridized carbons (Fsp3) is 0.667. The Labute approximate surface area is 169 Å². The van der Waals surface area contributed by atoms with E-state index in [1.165, 1.54) is 0 Å². The molecule has 0 aromatic carbocycles. The highest BCUT2D eigenvalue weighted by molar-refractivity contribution is 14.0. The molecular formula is C18H33IN6. The molecule has 2 rings (SSSR count). The number of anilines is 1. The topological polar surface area (TPSA) is 55.8 Å². The van der Waals surface area contributed by atoms with Crippen LogP contribution in [0.15, 0.2) is 23.3 Å². The summed E-state index contributed by atoms with van der Waals surface area (Å²) in [6, 6.07) is 4.65. The number of hydrogen-bond donors (Lipinski definition) is 2. The van der Waals surface area contributed by atoms with Gasteiger partial charge in [-0.25, -0.2) is 4.98 Å². The number of guanidine groups is 1. The Morgan fingerprint density at radius 2 is 1.88 bits per heavy atom. The Balaban J connectivity index is 0.00000312. The highest BCUT2D eigenvalue weighted by Gasteiger charge is 2.15. The number of rotatable bonds is 5. The van der Waals surface area contributed by atoms with Crippen LogP contribution < -0.4 is 15.5 Å². The predicted octanol–water partition coefficient (Wildman–Crippen LogP) is 2.16. The zero-order valence-electron chi connectivity index (χ0n) is 16.1. The van der Waals surface area contributed by atoms with E-state index in [2.05, 4.69) is 70.4 Å². The summed E-state index contributed by atoms with van der Waals surface area (Å²) >= 11 is 0. The molecular weight excluding hydrogens is 427 g/mol. The van der Waals surface area contributed by atoms with Gasteiger partial charge in [0.05, 0.1) is 0 Å². The second kappa shape index (κ2) is 10.8. The second-order valence-electron chi connectivity index (χ2n) is 6.92. The molecule has 0 radical (unpaired) electrons. The molecule has 0 amide bonds. The molecule has 2 heterocycles. The van der Waals surface area contributed by atoms with E-state index >= 15 is 0 Å². The third-order valence-corrected chi connectivity index (χ3v) is 4.68. The fourth-order valence-corrected chi connectivity index (χ4v) is 2.51. The number of aromatic nitrogens is 1. The van der Waals surface area contributed by atoms with Crippen LogP contribution in [0.1, 0.15) is 26.3 Å². The summed E-state index contributed by atoms with van der Waals surface area (Å²) in [6.45, 7) is 11.6. The highest BCUT2D eigenvalue weighted by atomic mass is 127. The molecule has 6 nitrogen and oxygen atoms in total. The van der Waals surface area contributed by atoms with Crippen molar-refractivity contribution in [3.05, 3.63) is 23.9 Å². The van der Waals surface area contributed by atoms with Crippen LogP contribution in [0.25, 0.3) is 0 Å². The van der Waals surface area contributed by atoms with Crippen molar-refractivity contribution in [1.29, 1.82) is 0 Å². The van der Waals surface area contributed by atoms with Crippen LogP contribution >= 0.6 is 24.0 Å².